The number of para-hydroxylation sites is 1. The standard InChI is InChI=1S/C17H17ClN2O/c18-16-8-14(13-6-1-2-7-15(13)19-16)17(21)20-9-11-4-3-5-12(11)10-20/h1-2,6-8,11-12H,3-5,9-10H2. The van der Waals surface area contributed by atoms with Crippen LogP contribution in [0.5, 0.6) is 0 Å². The van der Waals surface area contributed by atoms with Crippen molar-refractivity contribution in [1.82, 2.24) is 9.88 Å². The highest BCUT2D eigenvalue weighted by Crippen LogP contribution is 2.38. The lowest BCUT2D eigenvalue weighted by Crippen LogP contribution is -2.29. The molecule has 4 rings (SSSR count). The molecule has 2 aliphatic rings. The molecule has 2 atom stereocenters. The molecule has 2 heterocycles. The highest BCUT2D eigenvalue weighted by molar-refractivity contribution is 6.30. The number of carbonyl (C=O) groups excluding carboxylic acids is 1. The van der Waals surface area contributed by atoms with E-state index < -0.39 is 0 Å². The summed E-state index contributed by atoms with van der Waals surface area (Å²) in [4.78, 5) is 19.2. The summed E-state index contributed by atoms with van der Waals surface area (Å²) in [7, 11) is 0. The summed E-state index contributed by atoms with van der Waals surface area (Å²) in [5, 5.41) is 1.28. The van der Waals surface area contributed by atoms with Crippen molar-refractivity contribution in [2.75, 3.05) is 13.1 Å². The van der Waals surface area contributed by atoms with E-state index in [2.05, 4.69) is 4.98 Å². The van der Waals surface area contributed by atoms with E-state index in [1.165, 1.54) is 19.3 Å². The zero-order valence-electron chi connectivity index (χ0n) is 11.8. The summed E-state index contributed by atoms with van der Waals surface area (Å²) in [5.41, 5.74) is 1.47. The first-order valence-electron chi connectivity index (χ1n) is 7.57. The van der Waals surface area contributed by atoms with E-state index in [9.17, 15) is 4.79 Å². The number of fused-ring (bicyclic) bond motifs is 2. The smallest absolute Gasteiger partial charge is 0.254 e. The van der Waals surface area contributed by atoms with Crippen LogP contribution in [0, 0.1) is 11.8 Å². The van der Waals surface area contributed by atoms with Gasteiger partial charge in [-0.25, -0.2) is 4.98 Å². The number of carbonyl (C=O) groups is 1. The van der Waals surface area contributed by atoms with Gasteiger partial charge in [0.05, 0.1) is 11.1 Å². The van der Waals surface area contributed by atoms with Gasteiger partial charge in [-0.2, -0.15) is 0 Å². The molecular weight excluding hydrogens is 284 g/mol. The third-order valence-electron chi connectivity index (χ3n) is 4.93. The Labute approximate surface area is 128 Å². The number of amides is 1. The van der Waals surface area contributed by atoms with Crippen LogP contribution in [-0.2, 0) is 0 Å². The lowest BCUT2D eigenvalue weighted by atomic mass is 10.0. The molecule has 0 N–H and O–H groups in total. The van der Waals surface area contributed by atoms with Crippen LogP contribution in [0.3, 0.4) is 0 Å². The number of aromatic nitrogens is 1. The third kappa shape index (κ3) is 2.20. The van der Waals surface area contributed by atoms with E-state index in [1.807, 2.05) is 29.2 Å². The van der Waals surface area contributed by atoms with Crippen LogP contribution >= 0.6 is 11.6 Å². The van der Waals surface area contributed by atoms with E-state index in [1.54, 1.807) is 6.07 Å². The molecule has 1 aliphatic heterocycles. The summed E-state index contributed by atoms with van der Waals surface area (Å²) in [6, 6.07) is 9.41. The van der Waals surface area contributed by atoms with Gasteiger partial charge in [0.2, 0.25) is 0 Å². The predicted molar refractivity (Wildman–Crippen MR) is 83.5 cm³/mol. The second-order valence-corrected chi connectivity index (χ2v) is 6.56. The van der Waals surface area contributed by atoms with Gasteiger partial charge < -0.3 is 4.90 Å². The van der Waals surface area contributed by atoms with E-state index >= 15 is 0 Å². The summed E-state index contributed by atoms with van der Waals surface area (Å²) in [5.74, 6) is 1.51. The minimum absolute atomic E-state index is 0.102. The van der Waals surface area contributed by atoms with Gasteiger partial charge in [0.25, 0.3) is 5.91 Å². The van der Waals surface area contributed by atoms with Gasteiger partial charge in [-0.15, -0.1) is 0 Å². The summed E-state index contributed by atoms with van der Waals surface area (Å²) in [6.45, 7) is 1.80. The van der Waals surface area contributed by atoms with Crippen molar-refractivity contribution >= 4 is 28.4 Å². The molecule has 2 aromatic rings. The molecule has 0 spiro atoms. The Morgan fingerprint density at radius 3 is 2.67 bits per heavy atom. The van der Waals surface area contributed by atoms with Gasteiger partial charge in [0.1, 0.15) is 5.15 Å². The van der Waals surface area contributed by atoms with Crippen molar-refractivity contribution in [3.63, 3.8) is 0 Å². The van der Waals surface area contributed by atoms with Crippen molar-refractivity contribution in [2.24, 2.45) is 11.8 Å². The Bertz CT molecular complexity index is 703. The zero-order chi connectivity index (χ0) is 14.4. The van der Waals surface area contributed by atoms with Crippen molar-refractivity contribution in [1.29, 1.82) is 0 Å². The lowest BCUT2D eigenvalue weighted by molar-refractivity contribution is 0.0782. The molecule has 0 bridgehead atoms. The molecule has 2 unspecified atom stereocenters. The van der Waals surface area contributed by atoms with Crippen molar-refractivity contribution in [2.45, 2.75) is 19.3 Å². The highest BCUT2D eigenvalue weighted by atomic mass is 35.5. The molecule has 1 aliphatic carbocycles. The highest BCUT2D eigenvalue weighted by Gasteiger charge is 2.38. The van der Waals surface area contributed by atoms with Gasteiger partial charge in [0, 0.05) is 18.5 Å². The average Bonchev–Trinajstić information content (AvgIpc) is 3.06. The average molecular weight is 301 g/mol. The van der Waals surface area contributed by atoms with Crippen LogP contribution in [0.25, 0.3) is 10.9 Å². The topological polar surface area (TPSA) is 33.2 Å². The number of halogens is 1. The first kappa shape index (κ1) is 13.1. The molecule has 3 nitrogen and oxygen atoms in total. The fraction of sp³-hybridized carbons (Fsp3) is 0.412. The van der Waals surface area contributed by atoms with E-state index in [4.69, 9.17) is 11.6 Å². The van der Waals surface area contributed by atoms with Crippen LogP contribution in [0.2, 0.25) is 5.15 Å². The fourth-order valence-electron chi connectivity index (χ4n) is 3.89. The first-order chi connectivity index (χ1) is 10.2. The van der Waals surface area contributed by atoms with Gasteiger partial charge in [-0.3, -0.25) is 4.79 Å². The van der Waals surface area contributed by atoms with Crippen LogP contribution in [0.15, 0.2) is 30.3 Å². The quantitative estimate of drug-likeness (QED) is 0.751. The lowest BCUT2D eigenvalue weighted by Gasteiger charge is -2.18. The van der Waals surface area contributed by atoms with Crippen molar-refractivity contribution in [3.05, 3.63) is 41.0 Å². The van der Waals surface area contributed by atoms with Gasteiger partial charge in [-0.05, 0) is 36.8 Å². The second kappa shape index (κ2) is 4.99. The van der Waals surface area contributed by atoms with Crippen LogP contribution in [-0.4, -0.2) is 28.9 Å². The van der Waals surface area contributed by atoms with E-state index in [-0.39, 0.29) is 5.91 Å². The monoisotopic (exact) mass is 300 g/mol. The minimum Gasteiger partial charge on any atom is -0.338 e. The van der Waals surface area contributed by atoms with E-state index in [0.717, 1.165) is 24.0 Å². The van der Waals surface area contributed by atoms with Crippen molar-refractivity contribution < 1.29 is 4.79 Å². The normalized spacial score (nSPS) is 24.5. The van der Waals surface area contributed by atoms with Crippen LogP contribution < -0.4 is 0 Å². The van der Waals surface area contributed by atoms with Gasteiger partial charge in [0.15, 0.2) is 0 Å². The Morgan fingerprint density at radius 1 is 1.19 bits per heavy atom. The number of rotatable bonds is 1. The molecule has 1 aromatic heterocycles. The molecule has 1 aromatic carbocycles. The maximum atomic E-state index is 12.9. The largest absolute Gasteiger partial charge is 0.338 e. The first-order valence-corrected chi connectivity index (χ1v) is 7.95. The number of nitrogens with zero attached hydrogens (tertiary/aromatic N) is 2. The minimum atomic E-state index is 0.102. The Kier molecular flexibility index (Phi) is 3.11. The number of likely N-dealkylation sites (tertiary alicyclic amines) is 1. The summed E-state index contributed by atoms with van der Waals surface area (Å²) in [6.07, 6.45) is 3.86. The number of pyridine rings is 1. The SMILES string of the molecule is O=C(c1cc(Cl)nc2ccccc12)N1CC2CCCC2C1. The van der Waals surface area contributed by atoms with Gasteiger partial charge >= 0.3 is 0 Å². The Balaban J connectivity index is 1.71. The number of hydrogen-bond acceptors (Lipinski definition) is 2. The van der Waals surface area contributed by atoms with Crippen LogP contribution in [0.1, 0.15) is 29.6 Å². The van der Waals surface area contributed by atoms with Gasteiger partial charge in [-0.1, -0.05) is 36.2 Å². The molecule has 1 amide bonds. The molecule has 4 heteroatoms. The van der Waals surface area contributed by atoms with Crippen molar-refractivity contribution in [3.8, 4) is 0 Å². The molecular formula is C17H17ClN2O. The summed E-state index contributed by atoms with van der Waals surface area (Å²) < 4.78 is 0. The predicted octanol–water partition coefficient (Wildman–Crippen LogP) is 3.76. The molecule has 1 saturated heterocycles. The molecule has 108 valence electrons. The fourth-order valence-corrected chi connectivity index (χ4v) is 4.09. The van der Waals surface area contributed by atoms with E-state index in [0.29, 0.717) is 22.6 Å². The maximum Gasteiger partial charge on any atom is 0.254 e. The Morgan fingerprint density at radius 2 is 1.90 bits per heavy atom. The zero-order valence-corrected chi connectivity index (χ0v) is 12.5. The Hall–Kier alpha value is -1.61. The molecule has 2 fully saturated rings. The summed E-state index contributed by atoms with van der Waals surface area (Å²) >= 11 is 6.09. The molecule has 21 heavy (non-hydrogen) atoms. The molecule has 1 saturated carbocycles. The maximum absolute atomic E-state index is 12.9. The number of benzene rings is 1. The third-order valence-corrected chi connectivity index (χ3v) is 5.12. The molecule has 0 radical (unpaired) electrons. The second-order valence-electron chi connectivity index (χ2n) is 6.17. The number of hydrogen-bond donors (Lipinski definition) is 0. The van der Waals surface area contributed by atoms with Crippen LogP contribution in [0.4, 0.5) is 0 Å².